The van der Waals surface area contributed by atoms with Gasteiger partial charge in [0.15, 0.2) is 0 Å². The van der Waals surface area contributed by atoms with Crippen molar-refractivity contribution in [3.63, 3.8) is 0 Å². The van der Waals surface area contributed by atoms with Gasteiger partial charge >= 0.3 is 5.63 Å². The number of fused-ring (bicyclic) bond motifs is 1. The average molecular weight is 259 g/mol. The van der Waals surface area contributed by atoms with Crippen LogP contribution in [0.4, 0.5) is 0 Å². The Kier molecular flexibility index (Phi) is 3.66. The van der Waals surface area contributed by atoms with Gasteiger partial charge in [-0.15, -0.1) is 6.58 Å². The number of benzene rings is 1. The Bertz CT molecular complexity index is 687. The molecule has 19 heavy (non-hydrogen) atoms. The largest absolute Gasteiger partial charge is 0.497 e. The molecule has 2 rings (SSSR count). The maximum absolute atomic E-state index is 12.0. The van der Waals surface area contributed by atoms with Crippen molar-refractivity contribution in [2.45, 2.75) is 0 Å². The van der Waals surface area contributed by atoms with E-state index in [-0.39, 0.29) is 11.5 Å². The van der Waals surface area contributed by atoms with Crippen LogP contribution >= 0.6 is 0 Å². The molecule has 0 aliphatic heterocycles. The lowest BCUT2D eigenvalue weighted by atomic mass is 10.1. The van der Waals surface area contributed by atoms with Crippen LogP contribution in [0.15, 0.2) is 46.1 Å². The summed E-state index contributed by atoms with van der Waals surface area (Å²) < 4.78 is 10.1. The minimum Gasteiger partial charge on any atom is -0.497 e. The minimum absolute atomic E-state index is 0.274. The van der Waals surface area contributed by atoms with Gasteiger partial charge in [0, 0.05) is 24.1 Å². The second-order valence-corrected chi connectivity index (χ2v) is 3.84. The summed E-state index contributed by atoms with van der Waals surface area (Å²) in [6.07, 6.45) is 1.56. The molecule has 0 aliphatic carbocycles. The van der Waals surface area contributed by atoms with E-state index in [4.69, 9.17) is 9.15 Å². The topological polar surface area (TPSA) is 68.5 Å². The number of methoxy groups -OCH3 is 1. The molecule has 98 valence electrons. The first-order chi connectivity index (χ1) is 9.15. The highest BCUT2D eigenvalue weighted by atomic mass is 16.5. The van der Waals surface area contributed by atoms with E-state index in [0.717, 1.165) is 0 Å². The van der Waals surface area contributed by atoms with Gasteiger partial charge in [-0.2, -0.15) is 0 Å². The van der Waals surface area contributed by atoms with Gasteiger partial charge < -0.3 is 14.5 Å². The summed E-state index contributed by atoms with van der Waals surface area (Å²) in [4.78, 5) is 23.4. The van der Waals surface area contributed by atoms with Crippen molar-refractivity contribution >= 4 is 16.9 Å². The summed E-state index contributed by atoms with van der Waals surface area (Å²) >= 11 is 0. The molecular formula is C14H13NO4. The number of carbonyl (C=O) groups excluding carboxylic acids is 1. The van der Waals surface area contributed by atoms with E-state index in [1.807, 2.05) is 0 Å². The van der Waals surface area contributed by atoms with Gasteiger partial charge in [0.2, 0.25) is 0 Å². The van der Waals surface area contributed by atoms with Crippen molar-refractivity contribution < 1.29 is 13.9 Å². The third kappa shape index (κ3) is 2.65. The van der Waals surface area contributed by atoms with Crippen LogP contribution in [0.5, 0.6) is 5.75 Å². The summed E-state index contributed by atoms with van der Waals surface area (Å²) in [5.41, 5.74) is 0.0101. The average Bonchev–Trinajstić information content (AvgIpc) is 2.42. The van der Waals surface area contributed by atoms with Crippen molar-refractivity contribution in [2.75, 3.05) is 13.7 Å². The molecule has 1 N–H and O–H groups in total. The van der Waals surface area contributed by atoms with Crippen LogP contribution in [0, 0.1) is 0 Å². The van der Waals surface area contributed by atoms with Crippen LogP contribution in [0.3, 0.4) is 0 Å². The monoisotopic (exact) mass is 259 g/mol. The van der Waals surface area contributed by atoms with Gasteiger partial charge in [0.05, 0.1) is 12.7 Å². The molecule has 0 atom stereocenters. The molecule has 0 radical (unpaired) electrons. The zero-order chi connectivity index (χ0) is 13.8. The number of nitrogens with one attached hydrogen (secondary N) is 1. The maximum atomic E-state index is 12.0. The number of carbonyl (C=O) groups is 1. The SMILES string of the molecule is C=CCNC(=O)c1cc(=O)oc2cc(OC)ccc12. The summed E-state index contributed by atoms with van der Waals surface area (Å²) in [5.74, 6) is 0.210. The second kappa shape index (κ2) is 5.39. The van der Waals surface area contributed by atoms with Crippen LogP contribution in [0.1, 0.15) is 10.4 Å². The summed E-state index contributed by atoms with van der Waals surface area (Å²) in [7, 11) is 1.51. The van der Waals surface area contributed by atoms with Crippen molar-refractivity contribution in [3.05, 3.63) is 52.9 Å². The molecule has 1 amide bonds. The first kappa shape index (κ1) is 12.9. The van der Waals surface area contributed by atoms with Crippen molar-refractivity contribution in [3.8, 4) is 5.75 Å². The van der Waals surface area contributed by atoms with E-state index in [0.29, 0.717) is 23.3 Å². The van der Waals surface area contributed by atoms with Gasteiger partial charge in [-0.05, 0) is 12.1 Å². The third-order valence-corrected chi connectivity index (χ3v) is 2.60. The number of ether oxygens (including phenoxy) is 1. The van der Waals surface area contributed by atoms with E-state index in [9.17, 15) is 9.59 Å². The minimum atomic E-state index is -0.579. The molecule has 1 heterocycles. The summed E-state index contributed by atoms with van der Waals surface area (Å²) in [5, 5.41) is 3.19. The molecule has 5 nitrogen and oxygen atoms in total. The Labute approximate surface area is 109 Å². The highest BCUT2D eigenvalue weighted by Crippen LogP contribution is 2.22. The Hall–Kier alpha value is -2.56. The first-order valence-corrected chi connectivity index (χ1v) is 5.66. The molecule has 0 fully saturated rings. The Morgan fingerprint density at radius 2 is 2.26 bits per heavy atom. The normalized spacial score (nSPS) is 10.2. The highest BCUT2D eigenvalue weighted by Gasteiger charge is 2.13. The van der Waals surface area contributed by atoms with Gasteiger partial charge in [-0.25, -0.2) is 4.79 Å². The molecule has 0 aliphatic rings. The molecule has 1 aromatic heterocycles. The number of rotatable bonds is 4. The fourth-order valence-corrected chi connectivity index (χ4v) is 1.72. The zero-order valence-corrected chi connectivity index (χ0v) is 10.4. The van der Waals surface area contributed by atoms with Crippen LogP contribution in [0.2, 0.25) is 0 Å². The highest BCUT2D eigenvalue weighted by molar-refractivity contribution is 6.05. The molecule has 0 saturated carbocycles. The summed E-state index contributed by atoms with van der Waals surface area (Å²) in [6, 6.07) is 6.13. The fourth-order valence-electron chi connectivity index (χ4n) is 1.72. The molecule has 0 saturated heterocycles. The molecule has 2 aromatic rings. The van der Waals surface area contributed by atoms with E-state index < -0.39 is 5.63 Å². The Balaban J connectivity index is 2.57. The van der Waals surface area contributed by atoms with Gasteiger partial charge in [-0.1, -0.05) is 6.08 Å². The molecule has 1 aromatic carbocycles. The van der Waals surface area contributed by atoms with E-state index in [1.165, 1.54) is 13.2 Å². The second-order valence-electron chi connectivity index (χ2n) is 3.84. The third-order valence-electron chi connectivity index (χ3n) is 2.60. The zero-order valence-electron chi connectivity index (χ0n) is 10.4. The molecular weight excluding hydrogens is 246 g/mol. The van der Waals surface area contributed by atoms with Crippen LogP contribution < -0.4 is 15.7 Å². The smallest absolute Gasteiger partial charge is 0.337 e. The quantitative estimate of drug-likeness (QED) is 0.670. The van der Waals surface area contributed by atoms with Crippen LogP contribution in [-0.2, 0) is 0 Å². The fraction of sp³-hybridized carbons (Fsp3) is 0.143. The van der Waals surface area contributed by atoms with Crippen molar-refractivity contribution in [1.82, 2.24) is 5.32 Å². The summed E-state index contributed by atoms with van der Waals surface area (Å²) in [6.45, 7) is 3.85. The maximum Gasteiger partial charge on any atom is 0.337 e. The van der Waals surface area contributed by atoms with E-state index >= 15 is 0 Å². The van der Waals surface area contributed by atoms with Gasteiger partial charge in [0.25, 0.3) is 5.91 Å². The van der Waals surface area contributed by atoms with E-state index in [1.54, 1.807) is 24.3 Å². The number of hydrogen-bond acceptors (Lipinski definition) is 4. The lowest BCUT2D eigenvalue weighted by molar-refractivity contribution is 0.0959. The van der Waals surface area contributed by atoms with Gasteiger partial charge in [-0.3, -0.25) is 4.79 Å². The molecule has 0 bridgehead atoms. The predicted molar refractivity (Wildman–Crippen MR) is 71.6 cm³/mol. The molecule has 0 spiro atoms. The van der Waals surface area contributed by atoms with Crippen molar-refractivity contribution in [2.24, 2.45) is 0 Å². The number of hydrogen-bond donors (Lipinski definition) is 1. The lowest BCUT2D eigenvalue weighted by Crippen LogP contribution is -2.24. The van der Waals surface area contributed by atoms with E-state index in [2.05, 4.69) is 11.9 Å². The predicted octanol–water partition coefficient (Wildman–Crippen LogP) is 1.72. The molecule has 0 unspecified atom stereocenters. The lowest BCUT2D eigenvalue weighted by Gasteiger charge is -2.06. The van der Waals surface area contributed by atoms with Crippen LogP contribution in [0.25, 0.3) is 11.0 Å². The Morgan fingerprint density at radius 3 is 2.95 bits per heavy atom. The number of amides is 1. The molecule has 5 heteroatoms. The van der Waals surface area contributed by atoms with Crippen molar-refractivity contribution in [1.29, 1.82) is 0 Å². The standard InChI is InChI=1S/C14H13NO4/c1-3-6-15-14(17)11-8-13(16)19-12-7-9(18-2)4-5-10(11)12/h3-5,7-8H,1,6H2,2H3,(H,15,17). The first-order valence-electron chi connectivity index (χ1n) is 5.66. The Morgan fingerprint density at radius 1 is 1.47 bits per heavy atom. The van der Waals surface area contributed by atoms with Crippen LogP contribution in [-0.4, -0.2) is 19.6 Å². The van der Waals surface area contributed by atoms with Gasteiger partial charge in [0.1, 0.15) is 11.3 Å².